The fourth-order valence-corrected chi connectivity index (χ4v) is 3.21. The molecule has 0 radical (unpaired) electrons. The summed E-state index contributed by atoms with van der Waals surface area (Å²) >= 11 is 0. The van der Waals surface area contributed by atoms with Gasteiger partial charge in [0.15, 0.2) is 5.69 Å². The first-order valence-corrected chi connectivity index (χ1v) is 9.23. The van der Waals surface area contributed by atoms with Gasteiger partial charge in [0.05, 0.1) is 5.69 Å². The Bertz CT molecular complexity index is 1060. The molecule has 0 spiro atoms. The third-order valence-electron chi connectivity index (χ3n) is 4.55. The lowest BCUT2D eigenvalue weighted by Crippen LogP contribution is -2.31. The van der Waals surface area contributed by atoms with Crippen LogP contribution in [0.2, 0.25) is 0 Å². The van der Waals surface area contributed by atoms with Crippen molar-refractivity contribution in [3.05, 3.63) is 96.7 Å². The van der Waals surface area contributed by atoms with Crippen molar-refractivity contribution in [2.24, 2.45) is 0 Å². The Morgan fingerprint density at radius 3 is 2.04 bits per heavy atom. The predicted molar refractivity (Wildman–Crippen MR) is 111 cm³/mol. The van der Waals surface area contributed by atoms with Crippen LogP contribution < -0.4 is 4.90 Å². The largest absolute Gasteiger partial charge is 0.307 e. The van der Waals surface area contributed by atoms with Crippen molar-refractivity contribution < 1.29 is 4.79 Å². The van der Waals surface area contributed by atoms with E-state index in [0.717, 1.165) is 16.9 Å². The predicted octanol–water partition coefficient (Wildman–Crippen LogP) is 4.60. The Kier molecular flexibility index (Phi) is 4.97. The summed E-state index contributed by atoms with van der Waals surface area (Å²) in [6, 6.07) is 29.1. The van der Waals surface area contributed by atoms with Crippen LogP contribution in [0.25, 0.3) is 16.9 Å². The summed E-state index contributed by atoms with van der Waals surface area (Å²) in [4.78, 5) is 15.1. The highest BCUT2D eigenvalue weighted by molar-refractivity contribution is 6.08. The van der Waals surface area contributed by atoms with E-state index in [1.165, 1.54) is 0 Å². The first-order valence-electron chi connectivity index (χ1n) is 9.23. The van der Waals surface area contributed by atoms with Gasteiger partial charge in [-0.1, -0.05) is 71.9 Å². The third-order valence-corrected chi connectivity index (χ3v) is 4.55. The minimum Gasteiger partial charge on any atom is -0.307 e. The standard InChI is InChI=1S/C23H20N4O/c1-2-26(19-14-8-4-9-15-19)23(28)21-22(18-12-6-3-7-13-18)27(25-24-21)20-16-10-5-11-17-20/h3-17H,2H2,1H3. The van der Waals surface area contributed by atoms with Gasteiger partial charge >= 0.3 is 0 Å². The molecule has 1 aromatic heterocycles. The van der Waals surface area contributed by atoms with E-state index in [2.05, 4.69) is 10.3 Å². The Hall–Kier alpha value is -3.73. The molecule has 0 atom stereocenters. The molecule has 0 unspecified atom stereocenters. The number of rotatable bonds is 5. The monoisotopic (exact) mass is 368 g/mol. The summed E-state index contributed by atoms with van der Waals surface area (Å²) in [5, 5.41) is 8.60. The second-order valence-electron chi connectivity index (χ2n) is 6.28. The Morgan fingerprint density at radius 1 is 0.857 bits per heavy atom. The molecular formula is C23H20N4O. The molecule has 4 rings (SSSR count). The number of carbonyl (C=O) groups excluding carboxylic acids is 1. The first-order chi connectivity index (χ1) is 13.8. The van der Waals surface area contributed by atoms with Gasteiger partial charge in [-0.25, -0.2) is 4.68 Å². The van der Waals surface area contributed by atoms with E-state index >= 15 is 0 Å². The molecule has 0 saturated heterocycles. The molecule has 4 aromatic rings. The smallest absolute Gasteiger partial charge is 0.281 e. The topological polar surface area (TPSA) is 51.0 Å². The molecule has 1 amide bonds. The van der Waals surface area contributed by atoms with E-state index in [1.807, 2.05) is 97.9 Å². The van der Waals surface area contributed by atoms with Crippen LogP contribution in [-0.2, 0) is 0 Å². The molecule has 0 saturated carbocycles. The number of amides is 1. The molecule has 28 heavy (non-hydrogen) atoms. The number of aromatic nitrogens is 3. The minimum atomic E-state index is -0.172. The van der Waals surface area contributed by atoms with Crippen molar-refractivity contribution in [1.29, 1.82) is 0 Å². The van der Waals surface area contributed by atoms with Gasteiger partial charge in [-0.3, -0.25) is 4.79 Å². The molecule has 1 heterocycles. The van der Waals surface area contributed by atoms with Crippen molar-refractivity contribution in [1.82, 2.24) is 15.0 Å². The second-order valence-corrected chi connectivity index (χ2v) is 6.28. The van der Waals surface area contributed by atoms with Crippen LogP contribution in [0, 0.1) is 0 Å². The van der Waals surface area contributed by atoms with Gasteiger partial charge in [-0.2, -0.15) is 0 Å². The summed E-state index contributed by atoms with van der Waals surface area (Å²) in [6.07, 6.45) is 0. The zero-order chi connectivity index (χ0) is 19.3. The van der Waals surface area contributed by atoms with Crippen molar-refractivity contribution in [2.75, 3.05) is 11.4 Å². The average molecular weight is 368 g/mol. The van der Waals surface area contributed by atoms with Crippen molar-refractivity contribution >= 4 is 11.6 Å². The average Bonchev–Trinajstić information content (AvgIpc) is 3.21. The summed E-state index contributed by atoms with van der Waals surface area (Å²) in [7, 11) is 0. The van der Waals surface area contributed by atoms with Crippen LogP contribution in [0.5, 0.6) is 0 Å². The molecule has 0 aliphatic carbocycles. The molecule has 3 aromatic carbocycles. The minimum absolute atomic E-state index is 0.172. The molecule has 5 heteroatoms. The van der Waals surface area contributed by atoms with Gasteiger partial charge < -0.3 is 4.90 Å². The lowest BCUT2D eigenvalue weighted by atomic mass is 10.1. The van der Waals surface area contributed by atoms with E-state index in [-0.39, 0.29) is 5.91 Å². The van der Waals surface area contributed by atoms with Crippen LogP contribution in [0.1, 0.15) is 17.4 Å². The van der Waals surface area contributed by atoms with E-state index in [9.17, 15) is 4.79 Å². The summed E-state index contributed by atoms with van der Waals surface area (Å²) < 4.78 is 1.72. The van der Waals surface area contributed by atoms with Crippen LogP contribution in [0.4, 0.5) is 5.69 Å². The molecule has 0 fully saturated rings. The fourth-order valence-electron chi connectivity index (χ4n) is 3.21. The zero-order valence-corrected chi connectivity index (χ0v) is 15.6. The maximum Gasteiger partial charge on any atom is 0.281 e. The van der Waals surface area contributed by atoms with E-state index in [4.69, 9.17) is 0 Å². The highest BCUT2D eigenvalue weighted by Gasteiger charge is 2.26. The number of carbonyl (C=O) groups is 1. The van der Waals surface area contributed by atoms with Crippen molar-refractivity contribution in [3.63, 3.8) is 0 Å². The summed E-state index contributed by atoms with van der Waals surface area (Å²) in [6.45, 7) is 2.49. The van der Waals surface area contributed by atoms with Gasteiger partial charge in [0.25, 0.3) is 5.91 Å². The normalized spacial score (nSPS) is 10.6. The van der Waals surface area contributed by atoms with E-state index in [1.54, 1.807) is 9.58 Å². The third kappa shape index (κ3) is 3.30. The SMILES string of the molecule is CCN(C(=O)c1nnn(-c2ccccc2)c1-c1ccccc1)c1ccccc1. The Morgan fingerprint density at radius 2 is 1.43 bits per heavy atom. The quantitative estimate of drug-likeness (QED) is 0.517. The van der Waals surface area contributed by atoms with Gasteiger partial charge in [-0.15, -0.1) is 5.10 Å². The number of para-hydroxylation sites is 2. The first kappa shape index (κ1) is 17.7. The van der Waals surface area contributed by atoms with Gasteiger partial charge in [0.1, 0.15) is 5.69 Å². The highest BCUT2D eigenvalue weighted by atomic mass is 16.2. The second kappa shape index (κ2) is 7.88. The molecule has 0 N–H and O–H groups in total. The maximum absolute atomic E-state index is 13.4. The number of hydrogen-bond acceptors (Lipinski definition) is 3. The molecule has 5 nitrogen and oxygen atoms in total. The maximum atomic E-state index is 13.4. The number of benzene rings is 3. The van der Waals surface area contributed by atoms with Crippen LogP contribution in [-0.4, -0.2) is 27.4 Å². The van der Waals surface area contributed by atoms with Crippen molar-refractivity contribution in [2.45, 2.75) is 6.92 Å². The van der Waals surface area contributed by atoms with Crippen LogP contribution in [0.15, 0.2) is 91.0 Å². The fraction of sp³-hybridized carbons (Fsp3) is 0.0870. The molecule has 138 valence electrons. The molecule has 0 bridgehead atoms. The molecular weight excluding hydrogens is 348 g/mol. The highest BCUT2D eigenvalue weighted by Crippen LogP contribution is 2.27. The van der Waals surface area contributed by atoms with Gasteiger partial charge in [0, 0.05) is 17.8 Å². The molecule has 0 aliphatic heterocycles. The lowest BCUT2D eigenvalue weighted by Gasteiger charge is -2.20. The Balaban J connectivity index is 1.86. The Labute approximate surface area is 163 Å². The van der Waals surface area contributed by atoms with Crippen LogP contribution in [0.3, 0.4) is 0 Å². The number of hydrogen-bond donors (Lipinski definition) is 0. The summed E-state index contributed by atoms with van der Waals surface area (Å²) in [5.41, 5.74) is 3.61. The lowest BCUT2D eigenvalue weighted by molar-refractivity contribution is 0.0984. The molecule has 0 aliphatic rings. The number of anilines is 1. The number of nitrogens with zero attached hydrogens (tertiary/aromatic N) is 4. The van der Waals surface area contributed by atoms with Crippen molar-refractivity contribution in [3.8, 4) is 16.9 Å². The summed E-state index contributed by atoms with van der Waals surface area (Å²) in [5.74, 6) is -0.172. The van der Waals surface area contributed by atoms with Gasteiger partial charge in [-0.05, 0) is 31.2 Å². The van der Waals surface area contributed by atoms with E-state index in [0.29, 0.717) is 17.9 Å². The van der Waals surface area contributed by atoms with E-state index < -0.39 is 0 Å². The van der Waals surface area contributed by atoms with Crippen LogP contribution >= 0.6 is 0 Å². The zero-order valence-electron chi connectivity index (χ0n) is 15.6. The van der Waals surface area contributed by atoms with Gasteiger partial charge in [0.2, 0.25) is 0 Å².